The molecule has 1 aromatic heterocycles. The van der Waals surface area contributed by atoms with Gasteiger partial charge in [-0.05, 0) is 30.7 Å². The second kappa shape index (κ2) is 4.99. The SMILES string of the molecule is Cc1cnc(Oc2ccc(F)c(C(F)(F)F)c2)cc1N. The average Bonchev–Trinajstić information content (AvgIpc) is 2.35. The van der Waals surface area contributed by atoms with Crippen molar-refractivity contribution < 1.29 is 22.3 Å². The van der Waals surface area contributed by atoms with Gasteiger partial charge >= 0.3 is 6.18 Å². The molecular formula is C13H10F4N2O. The molecule has 2 aromatic rings. The number of aryl methyl sites for hydroxylation is 1. The maximum atomic E-state index is 13.1. The van der Waals surface area contributed by atoms with E-state index in [0.29, 0.717) is 23.4 Å². The second-order valence-corrected chi connectivity index (χ2v) is 4.12. The molecule has 0 aliphatic heterocycles. The Kier molecular flexibility index (Phi) is 3.52. The number of nitrogens with two attached hydrogens (primary N) is 1. The van der Waals surface area contributed by atoms with Crippen LogP contribution in [0.3, 0.4) is 0 Å². The first-order valence-electron chi connectivity index (χ1n) is 5.54. The summed E-state index contributed by atoms with van der Waals surface area (Å²) in [7, 11) is 0. The van der Waals surface area contributed by atoms with E-state index in [1.54, 1.807) is 6.92 Å². The Balaban J connectivity index is 2.32. The zero-order valence-corrected chi connectivity index (χ0v) is 10.3. The summed E-state index contributed by atoms with van der Waals surface area (Å²) < 4.78 is 55.9. The van der Waals surface area contributed by atoms with E-state index < -0.39 is 17.6 Å². The first-order valence-corrected chi connectivity index (χ1v) is 5.54. The third-order valence-corrected chi connectivity index (χ3v) is 2.59. The second-order valence-electron chi connectivity index (χ2n) is 4.12. The van der Waals surface area contributed by atoms with Crippen LogP contribution in [0, 0.1) is 12.7 Å². The van der Waals surface area contributed by atoms with Gasteiger partial charge in [0.1, 0.15) is 11.6 Å². The minimum absolute atomic E-state index is 0.0350. The molecule has 0 aliphatic carbocycles. The van der Waals surface area contributed by atoms with Crippen molar-refractivity contribution in [2.75, 3.05) is 5.73 Å². The zero-order chi connectivity index (χ0) is 14.9. The Morgan fingerprint density at radius 3 is 2.50 bits per heavy atom. The maximum Gasteiger partial charge on any atom is 0.419 e. The van der Waals surface area contributed by atoms with Crippen LogP contribution in [-0.4, -0.2) is 4.98 Å². The largest absolute Gasteiger partial charge is 0.439 e. The van der Waals surface area contributed by atoms with Crippen LogP contribution in [0.15, 0.2) is 30.5 Å². The number of aromatic nitrogens is 1. The summed E-state index contributed by atoms with van der Waals surface area (Å²) in [5, 5.41) is 0. The van der Waals surface area contributed by atoms with Gasteiger partial charge < -0.3 is 10.5 Å². The summed E-state index contributed by atoms with van der Waals surface area (Å²) in [6.07, 6.45) is -3.36. The van der Waals surface area contributed by atoms with Gasteiger partial charge in [-0.15, -0.1) is 0 Å². The highest BCUT2D eigenvalue weighted by molar-refractivity contribution is 5.48. The fourth-order valence-corrected chi connectivity index (χ4v) is 1.48. The normalized spacial score (nSPS) is 11.4. The third kappa shape index (κ3) is 2.98. The maximum absolute atomic E-state index is 13.1. The highest BCUT2D eigenvalue weighted by atomic mass is 19.4. The molecule has 1 aromatic carbocycles. The molecule has 7 heteroatoms. The van der Waals surface area contributed by atoms with Crippen molar-refractivity contribution in [2.24, 2.45) is 0 Å². The molecule has 0 radical (unpaired) electrons. The van der Waals surface area contributed by atoms with Crippen LogP contribution >= 0.6 is 0 Å². The summed E-state index contributed by atoms with van der Waals surface area (Å²) in [4.78, 5) is 3.87. The van der Waals surface area contributed by atoms with E-state index in [-0.39, 0.29) is 11.6 Å². The van der Waals surface area contributed by atoms with Crippen LogP contribution in [-0.2, 0) is 6.18 Å². The van der Waals surface area contributed by atoms with Crippen LogP contribution in [0.1, 0.15) is 11.1 Å². The van der Waals surface area contributed by atoms with Gasteiger partial charge in [0.25, 0.3) is 0 Å². The van der Waals surface area contributed by atoms with Crippen LogP contribution in [0.5, 0.6) is 11.6 Å². The Morgan fingerprint density at radius 2 is 1.90 bits per heavy atom. The number of alkyl halides is 3. The first kappa shape index (κ1) is 14.1. The molecule has 2 rings (SSSR count). The van der Waals surface area contributed by atoms with Crippen molar-refractivity contribution in [3.8, 4) is 11.6 Å². The molecule has 0 atom stereocenters. The summed E-state index contributed by atoms with van der Waals surface area (Å²) in [6.45, 7) is 1.73. The van der Waals surface area contributed by atoms with E-state index in [1.807, 2.05) is 0 Å². The molecule has 0 aliphatic rings. The molecule has 106 valence electrons. The van der Waals surface area contributed by atoms with E-state index in [4.69, 9.17) is 10.5 Å². The fraction of sp³-hybridized carbons (Fsp3) is 0.154. The monoisotopic (exact) mass is 286 g/mol. The van der Waals surface area contributed by atoms with Crippen molar-refractivity contribution >= 4 is 5.69 Å². The summed E-state index contributed by atoms with van der Waals surface area (Å²) in [5.74, 6) is -1.50. The lowest BCUT2D eigenvalue weighted by Crippen LogP contribution is -2.08. The molecule has 0 saturated carbocycles. The Hall–Kier alpha value is -2.31. The van der Waals surface area contributed by atoms with Crippen molar-refractivity contribution in [1.82, 2.24) is 4.98 Å². The standard InChI is InChI=1S/C13H10F4N2O/c1-7-6-19-12(5-11(7)18)20-8-2-3-10(14)9(4-8)13(15,16)17/h2-6H,1H3,(H2,18,19). The predicted molar refractivity (Wildman–Crippen MR) is 64.9 cm³/mol. The topological polar surface area (TPSA) is 48.1 Å². The van der Waals surface area contributed by atoms with Crippen molar-refractivity contribution in [3.63, 3.8) is 0 Å². The highest BCUT2D eigenvalue weighted by Crippen LogP contribution is 2.34. The van der Waals surface area contributed by atoms with Gasteiger partial charge in [0, 0.05) is 18.0 Å². The van der Waals surface area contributed by atoms with Crippen LogP contribution in [0.4, 0.5) is 23.2 Å². The molecule has 0 unspecified atom stereocenters. The molecule has 2 N–H and O–H groups in total. The number of hydrogen-bond acceptors (Lipinski definition) is 3. The zero-order valence-electron chi connectivity index (χ0n) is 10.3. The molecule has 0 fully saturated rings. The number of rotatable bonds is 2. The van der Waals surface area contributed by atoms with Crippen LogP contribution in [0.25, 0.3) is 0 Å². The quantitative estimate of drug-likeness (QED) is 0.851. The molecular weight excluding hydrogens is 276 g/mol. The molecule has 3 nitrogen and oxygen atoms in total. The molecule has 0 spiro atoms. The number of hydrogen-bond donors (Lipinski definition) is 1. The first-order chi connectivity index (χ1) is 9.27. The predicted octanol–water partition coefficient (Wildman–Crippen LogP) is 3.92. The van der Waals surface area contributed by atoms with Crippen LogP contribution < -0.4 is 10.5 Å². The summed E-state index contributed by atoms with van der Waals surface area (Å²) in [5.41, 5.74) is 5.36. The smallest absolute Gasteiger partial charge is 0.419 e. The van der Waals surface area contributed by atoms with E-state index in [9.17, 15) is 17.6 Å². The number of nitrogen functional groups attached to an aromatic ring is 1. The lowest BCUT2D eigenvalue weighted by molar-refractivity contribution is -0.140. The van der Waals surface area contributed by atoms with E-state index in [0.717, 1.165) is 6.07 Å². The van der Waals surface area contributed by atoms with Gasteiger partial charge in [0.15, 0.2) is 0 Å². The average molecular weight is 286 g/mol. The number of ether oxygens (including phenoxy) is 1. The minimum Gasteiger partial charge on any atom is -0.439 e. The van der Waals surface area contributed by atoms with E-state index >= 15 is 0 Å². The van der Waals surface area contributed by atoms with Crippen molar-refractivity contribution in [3.05, 3.63) is 47.4 Å². The Bertz CT molecular complexity index is 641. The lowest BCUT2D eigenvalue weighted by atomic mass is 10.2. The van der Waals surface area contributed by atoms with Crippen molar-refractivity contribution in [2.45, 2.75) is 13.1 Å². The number of halogens is 4. The third-order valence-electron chi connectivity index (χ3n) is 2.59. The fourth-order valence-electron chi connectivity index (χ4n) is 1.48. The van der Waals surface area contributed by atoms with Crippen molar-refractivity contribution in [1.29, 1.82) is 0 Å². The Labute approximate surface area is 112 Å². The minimum atomic E-state index is -4.79. The summed E-state index contributed by atoms with van der Waals surface area (Å²) >= 11 is 0. The van der Waals surface area contributed by atoms with Gasteiger partial charge in [-0.25, -0.2) is 9.37 Å². The summed E-state index contributed by atoms with van der Waals surface area (Å²) in [6, 6.07) is 3.73. The lowest BCUT2D eigenvalue weighted by Gasteiger charge is -2.11. The molecule has 20 heavy (non-hydrogen) atoms. The van der Waals surface area contributed by atoms with Gasteiger partial charge in [-0.2, -0.15) is 13.2 Å². The van der Waals surface area contributed by atoms with E-state index in [2.05, 4.69) is 4.98 Å². The molecule has 0 saturated heterocycles. The number of pyridine rings is 1. The van der Waals surface area contributed by atoms with Crippen LogP contribution in [0.2, 0.25) is 0 Å². The van der Waals surface area contributed by atoms with Gasteiger partial charge in [0.2, 0.25) is 5.88 Å². The number of anilines is 1. The van der Waals surface area contributed by atoms with Gasteiger partial charge in [-0.3, -0.25) is 0 Å². The van der Waals surface area contributed by atoms with Gasteiger partial charge in [0.05, 0.1) is 5.56 Å². The van der Waals surface area contributed by atoms with E-state index in [1.165, 1.54) is 12.3 Å². The van der Waals surface area contributed by atoms with Gasteiger partial charge in [-0.1, -0.05) is 0 Å². The molecule has 0 amide bonds. The highest BCUT2D eigenvalue weighted by Gasteiger charge is 2.34. The number of benzene rings is 1. The Morgan fingerprint density at radius 1 is 1.20 bits per heavy atom. The number of nitrogens with zero attached hydrogens (tertiary/aromatic N) is 1. The molecule has 0 bridgehead atoms. The molecule has 1 heterocycles.